The van der Waals surface area contributed by atoms with Gasteiger partial charge in [-0.3, -0.25) is 14.4 Å². The Balaban J connectivity index is 1.83. The quantitative estimate of drug-likeness (QED) is 0.679. The summed E-state index contributed by atoms with van der Waals surface area (Å²) < 4.78 is 5.51. The maximum Gasteiger partial charge on any atom is 0.410 e. The molecule has 2 atom stereocenters. The fraction of sp³-hybridized carbons (Fsp3) is 0.600. The molecular formula is C25H35N3O6. The molecule has 2 N–H and O–H groups in total. The van der Waals surface area contributed by atoms with Crippen LogP contribution in [-0.2, 0) is 24.5 Å². The number of piperidine rings is 1. The molecule has 0 saturated carbocycles. The summed E-state index contributed by atoms with van der Waals surface area (Å²) in [5.41, 5.74) is -0.626. The molecule has 2 aliphatic heterocycles. The second kappa shape index (κ2) is 10.0. The number of nitrogens with zero attached hydrogens (tertiary/aromatic N) is 2. The number of carboxylic acid groups (broad SMARTS) is 1. The summed E-state index contributed by atoms with van der Waals surface area (Å²) >= 11 is 0. The Labute approximate surface area is 200 Å². The summed E-state index contributed by atoms with van der Waals surface area (Å²) in [6.07, 6.45) is 1.57. The number of hydrogen-bond acceptors (Lipinski definition) is 5. The Bertz CT molecular complexity index is 918. The number of carbonyl (C=O) groups excluding carboxylic acids is 3. The van der Waals surface area contributed by atoms with E-state index in [-0.39, 0.29) is 5.91 Å². The predicted octanol–water partition coefficient (Wildman–Crippen LogP) is 2.54. The summed E-state index contributed by atoms with van der Waals surface area (Å²) in [4.78, 5) is 53.9. The van der Waals surface area contributed by atoms with Crippen molar-refractivity contribution >= 4 is 23.9 Å². The van der Waals surface area contributed by atoms with Crippen LogP contribution >= 0.6 is 0 Å². The highest BCUT2D eigenvalue weighted by atomic mass is 16.6. The molecule has 1 aromatic carbocycles. The average Bonchev–Trinajstić information content (AvgIpc) is 3.28. The van der Waals surface area contributed by atoms with Crippen LogP contribution in [0.2, 0.25) is 0 Å². The molecule has 2 aliphatic rings. The Kier molecular flexibility index (Phi) is 7.53. The van der Waals surface area contributed by atoms with Gasteiger partial charge in [0.25, 0.3) is 0 Å². The molecule has 34 heavy (non-hydrogen) atoms. The van der Waals surface area contributed by atoms with Crippen LogP contribution < -0.4 is 5.32 Å². The first-order valence-electron chi connectivity index (χ1n) is 11.8. The summed E-state index contributed by atoms with van der Waals surface area (Å²) in [7, 11) is 0. The standard InChI is InChI=1S/C25H35N3O6/c1-17(21(30)31)26-20(29)19-11-8-14-28(19)22(32)25(18-9-6-5-7-10-18)12-15-27(16-13-25)23(33)34-24(2,3)4/h5-7,9-10,17,19H,8,11-16H2,1-4H3,(H,26,29)(H,30,31)/t17-,19+/m1/s1. The smallest absolute Gasteiger partial charge is 0.410 e. The van der Waals surface area contributed by atoms with Crippen LogP contribution in [0.15, 0.2) is 30.3 Å². The number of nitrogens with one attached hydrogen (secondary N) is 1. The lowest BCUT2D eigenvalue weighted by Gasteiger charge is -2.43. The second-order valence-corrected chi connectivity index (χ2v) is 10.1. The number of amides is 3. The highest BCUT2D eigenvalue weighted by Gasteiger charge is 2.49. The van der Waals surface area contributed by atoms with Gasteiger partial charge in [0.05, 0.1) is 5.41 Å². The minimum absolute atomic E-state index is 0.150. The van der Waals surface area contributed by atoms with Gasteiger partial charge < -0.3 is 25.0 Å². The van der Waals surface area contributed by atoms with Gasteiger partial charge in [-0.25, -0.2) is 4.79 Å². The molecule has 0 spiro atoms. The minimum atomic E-state index is -1.13. The summed E-state index contributed by atoms with van der Waals surface area (Å²) in [5, 5.41) is 11.6. The number of carbonyl (C=O) groups is 4. The Morgan fingerprint density at radius 1 is 1.09 bits per heavy atom. The molecular weight excluding hydrogens is 438 g/mol. The van der Waals surface area contributed by atoms with Crippen molar-refractivity contribution in [1.29, 1.82) is 0 Å². The van der Waals surface area contributed by atoms with Gasteiger partial charge in [0.2, 0.25) is 11.8 Å². The average molecular weight is 474 g/mol. The lowest BCUT2D eigenvalue weighted by Crippen LogP contribution is -2.57. The van der Waals surface area contributed by atoms with E-state index in [2.05, 4.69) is 5.32 Å². The van der Waals surface area contributed by atoms with Crippen molar-refractivity contribution in [3.8, 4) is 0 Å². The molecule has 2 saturated heterocycles. The summed E-state index contributed by atoms with van der Waals surface area (Å²) in [6.45, 7) is 8.00. The second-order valence-electron chi connectivity index (χ2n) is 10.1. The van der Waals surface area contributed by atoms with Crippen LogP contribution in [0.5, 0.6) is 0 Å². The maximum absolute atomic E-state index is 14.1. The van der Waals surface area contributed by atoms with Gasteiger partial charge in [-0.15, -0.1) is 0 Å². The number of aliphatic carboxylic acids is 1. The number of carboxylic acids is 1. The fourth-order valence-corrected chi connectivity index (χ4v) is 4.71. The molecule has 0 aliphatic carbocycles. The SMILES string of the molecule is C[C@@H](NC(=O)[C@@H]1CCCN1C(=O)C1(c2ccccc2)CCN(C(=O)OC(C)(C)C)CC1)C(=O)O. The number of likely N-dealkylation sites (tertiary alicyclic amines) is 2. The van der Waals surface area contributed by atoms with Crippen LogP contribution in [0.3, 0.4) is 0 Å². The molecule has 0 unspecified atom stereocenters. The van der Waals surface area contributed by atoms with Gasteiger partial charge in [0.1, 0.15) is 17.7 Å². The van der Waals surface area contributed by atoms with Crippen molar-refractivity contribution < 1.29 is 29.0 Å². The van der Waals surface area contributed by atoms with E-state index in [1.165, 1.54) is 6.92 Å². The van der Waals surface area contributed by atoms with E-state index in [1.54, 1.807) is 9.80 Å². The Hall–Kier alpha value is -3.10. The zero-order valence-electron chi connectivity index (χ0n) is 20.4. The van der Waals surface area contributed by atoms with Crippen LogP contribution in [-0.4, -0.2) is 76.1 Å². The van der Waals surface area contributed by atoms with Crippen LogP contribution in [0, 0.1) is 0 Å². The van der Waals surface area contributed by atoms with E-state index in [1.807, 2.05) is 51.1 Å². The third-order valence-electron chi connectivity index (χ3n) is 6.55. The Morgan fingerprint density at radius 2 is 1.71 bits per heavy atom. The fourth-order valence-electron chi connectivity index (χ4n) is 4.71. The first-order valence-corrected chi connectivity index (χ1v) is 11.8. The monoisotopic (exact) mass is 473 g/mol. The molecule has 2 heterocycles. The molecule has 1 aromatic rings. The van der Waals surface area contributed by atoms with Gasteiger partial charge in [-0.05, 0) is 58.9 Å². The highest BCUT2D eigenvalue weighted by Crippen LogP contribution is 2.39. The molecule has 3 rings (SSSR count). The van der Waals surface area contributed by atoms with E-state index in [9.17, 15) is 19.2 Å². The highest BCUT2D eigenvalue weighted by molar-refractivity contribution is 5.95. The summed E-state index contributed by atoms with van der Waals surface area (Å²) in [6, 6.07) is 7.73. The first kappa shape index (κ1) is 25.5. The van der Waals surface area contributed by atoms with Crippen molar-refractivity contribution in [3.05, 3.63) is 35.9 Å². The van der Waals surface area contributed by atoms with Gasteiger partial charge in [-0.1, -0.05) is 30.3 Å². The van der Waals surface area contributed by atoms with E-state index < -0.39 is 41.1 Å². The number of benzene rings is 1. The van der Waals surface area contributed by atoms with E-state index >= 15 is 0 Å². The lowest BCUT2D eigenvalue weighted by atomic mass is 9.71. The minimum Gasteiger partial charge on any atom is -0.480 e. The van der Waals surface area contributed by atoms with Gasteiger partial charge >= 0.3 is 12.1 Å². The van der Waals surface area contributed by atoms with Gasteiger partial charge in [0, 0.05) is 19.6 Å². The van der Waals surface area contributed by atoms with Crippen molar-refractivity contribution in [1.82, 2.24) is 15.1 Å². The van der Waals surface area contributed by atoms with Gasteiger partial charge in [-0.2, -0.15) is 0 Å². The topological polar surface area (TPSA) is 116 Å². The molecule has 186 valence electrons. The largest absolute Gasteiger partial charge is 0.480 e. The van der Waals surface area contributed by atoms with E-state index in [4.69, 9.17) is 9.84 Å². The molecule has 0 radical (unpaired) electrons. The third-order valence-corrected chi connectivity index (χ3v) is 6.55. The molecule has 3 amide bonds. The molecule has 9 heteroatoms. The van der Waals surface area contributed by atoms with Crippen molar-refractivity contribution in [3.63, 3.8) is 0 Å². The van der Waals surface area contributed by atoms with Crippen LogP contribution in [0.25, 0.3) is 0 Å². The first-order chi connectivity index (χ1) is 15.9. The molecule has 0 bridgehead atoms. The number of ether oxygens (including phenoxy) is 1. The van der Waals surface area contributed by atoms with Crippen molar-refractivity contribution in [2.75, 3.05) is 19.6 Å². The van der Waals surface area contributed by atoms with Crippen molar-refractivity contribution in [2.24, 2.45) is 0 Å². The van der Waals surface area contributed by atoms with E-state index in [0.717, 1.165) is 5.56 Å². The van der Waals surface area contributed by atoms with Gasteiger partial charge in [0.15, 0.2) is 0 Å². The Morgan fingerprint density at radius 3 is 2.26 bits per heavy atom. The predicted molar refractivity (Wildman–Crippen MR) is 125 cm³/mol. The molecule has 0 aromatic heterocycles. The number of hydrogen-bond donors (Lipinski definition) is 2. The number of rotatable bonds is 5. The molecule has 9 nitrogen and oxygen atoms in total. The zero-order valence-corrected chi connectivity index (χ0v) is 20.4. The van der Waals surface area contributed by atoms with Crippen molar-refractivity contribution in [2.45, 2.75) is 76.5 Å². The zero-order chi connectivity index (χ0) is 25.1. The third kappa shape index (κ3) is 5.51. The maximum atomic E-state index is 14.1. The summed E-state index contributed by atoms with van der Waals surface area (Å²) in [5.74, 6) is -1.72. The van der Waals surface area contributed by atoms with Crippen LogP contribution in [0.1, 0.15) is 58.9 Å². The van der Waals surface area contributed by atoms with Crippen LogP contribution in [0.4, 0.5) is 4.79 Å². The molecule has 2 fully saturated rings. The normalized spacial score (nSPS) is 21.0. The van der Waals surface area contributed by atoms with E-state index in [0.29, 0.717) is 45.3 Å². The lowest BCUT2D eigenvalue weighted by molar-refractivity contribution is -0.146.